The standard InChI is InChI=1S/C19H15Cl2N3O/c1-10(8-22)11(2)24-9-15-13(4-3-5-14(15)19(24)25)12-6-16(20)18(23)17(21)7-12/h3-7,11H,1,9,23H2,2H3. The topological polar surface area (TPSA) is 70.1 Å². The number of hydrogen-bond acceptors (Lipinski definition) is 3. The third kappa shape index (κ3) is 2.86. The first-order valence-corrected chi connectivity index (χ1v) is 8.37. The lowest BCUT2D eigenvalue weighted by Gasteiger charge is -2.23. The summed E-state index contributed by atoms with van der Waals surface area (Å²) in [5.41, 5.74) is 9.63. The van der Waals surface area contributed by atoms with E-state index in [1.165, 1.54) is 0 Å². The van der Waals surface area contributed by atoms with Gasteiger partial charge in [-0.3, -0.25) is 4.79 Å². The minimum absolute atomic E-state index is 0.117. The van der Waals surface area contributed by atoms with Crippen LogP contribution in [0.1, 0.15) is 22.8 Å². The van der Waals surface area contributed by atoms with Crippen LogP contribution >= 0.6 is 23.2 Å². The van der Waals surface area contributed by atoms with Gasteiger partial charge in [-0.2, -0.15) is 5.26 Å². The number of benzene rings is 2. The van der Waals surface area contributed by atoms with E-state index >= 15 is 0 Å². The van der Waals surface area contributed by atoms with Crippen LogP contribution in [0.4, 0.5) is 5.69 Å². The van der Waals surface area contributed by atoms with Gasteiger partial charge in [0.1, 0.15) is 0 Å². The number of amides is 1. The Balaban J connectivity index is 2.08. The van der Waals surface area contributed by atoms with E-state index in [4.69, 9.17) is 34.2 Å². The number of nitriles is 1. The first-order chi connectivity index (χ1) is 11.8. The number of hydrogen-bond donors (Lipinski definition) is 1. The highest BCUT2D eigenvalue weighted by Gasteiger charge is 2.33. The number of anilines is 1. The largest absolute Gasteiger partial charge is 0.396 e. The van der Waals surface area contributed by atoms with Crippen LogP contribution < -0.4 is 5.73 Å². The zero-order valence-corrected chi connectivity index (χ0v) is 15.0. The smallest absolute Gasteiger partial charge is 0.255 e. The summed E-state index contributed by atoms with van der Waals surface area (Å²) in [6.07, 6.45) is 0. The van der Waals surface area contributed by atoms with Gasteiger partial charge >= 0.3 is 0 Å². The maximum atomic E-state index is 12.7. The van der Waals surface area contributed by atoms with Crippen LogP contribution in [-0.4, -0.2) is 16.8 Å². The summed E-state index contributed by atoms with van der Waals surface area (Å²) in [5.74, 6) is -0.117. The zero-order valence-electron chi connectivity index (χ0n) is 13.5. The lowest BCUT2D eigenvalue weighted by atomic mass is 9.97. The van der Waals surface area contributed by atoms with Crippen LogP contribution in [0.3, 0.4) is 0 Å². The summed E-state index contributed by atoms with van der Waals surface area (Å²) >= 11 is 12.3. The van der Waals surface area contributed by atoms with Gasteiger partial charge in [-0.25, -0.2) is 0 Å². The third-order valence-corrected chi connectivity index (χ3v) is 5.13. The highest BCUT2D eigenvalue weighted by Crippen LogP contribution is 2.38. The highest BCUT2D eigenvalue weighted by molar-refractivity contribution is 6.39. The Bertz CT molecular complexity index is 923. The number of nitrogens with two attached hydrogens (primary N) is 1. The molecule has 1 heterocycles. The highest BCUT2D eigenvalue weighted by atomic mass is 35.5. The van der Waals surface area contributed by atoms with E-state index in [2.05, 4.69) is 6.58 Å². The molecular formula is C19H15Cl2N3O. The molecule has 0 aliphatic carbocycles. The van der Waals surface area contributed by atoms with Gasteiger partial charge in [0.2, 0.25) is 0 Å². The maximum absolute atomic E-state index is 12.7. The van der Waals surface area contributed by atoms with Crippen molar-refractivity contribution in [2.75, 3.05) is 5.73 Å². The molecule has 25 heavy (non-hydrogen) atoms. The number of fused-ring (bicyclic) bond motifs is 1. The van der Waals surface area contributed by atoms with Gasteiger partial charge in [0, 0.05) is 17.7 Å². The molecule has 6 heteroatoms. The van der Waals surface area contributed by atoms with E-state index in [1.807, 2.05) is 18.2 Å². The molecule has 0 fully saturated rings. The molecule has 1 unspecified atom stereocenters. The predicted molar refractivity (Wildman–Crippen MR) is 100 cm³/mol. The van der Waals surface area contributed by atoms with Crippen molar-refractivity contribution in [3.63, 3.8) is 0 Å². The second-order valence-electron chi connectivity index (χ2n) is 5.93. The van der Waals surface area contributed by atoms with Gasteiger partial charge in [-0.1, -0.05) is 41.9 Å². The van der Waals surface area contributed by atoms with Crippen molar-refractivity contribution in [3.8, 4) is 17.2 Å². The van der Waals surface area contributed by atoms with Crippen molar-refractivity contribution >= 4 is 34.8 Å². The Morgan fingerprint density at radius 3 is 2.52 bits per heavy atom. The van der Waals surface area contributed by atoms with Gasteiger partial charge in [-0.05, 0) is 41.8 Å². The van der Waals surface area contributed by atoms with Gasteiger partial charge in [0.25, 0.3) is 5.91 Å². The fraction of sp³-hybridized carbons (Fsp3) is 0.158. The summed E-state index contributed by atoms with van der Waals surface area (Å²) in [6.45, 7) is 5.92. The molecule has 0 bridgehead atoms. The molecule has 0 aromatic heterocycles. The quantitative estimate of drug-likeness (QED) is 0.629. The Hall–Kier alpha value is -2.48. The fourth-order valence-corrected chi connectivity index (χ4v) is 3.45. The van der Waals surface area contributed by atoms with Crippen LogP contribution in [0.5, 0.6) is 0 Å². The van der Waals surface area contributed by atoms with E-state index in [9.17, 15) is 4.79 Å². The van der Waals surface area contributed by atoms with Crippen molar-refractivity contribution < 1.29 is 4.79 Å². The second kappa shape index (κ2) is 6.44. The molecule has 0 saturated heterocycles. The molecule has 4 nitrogen and oxygen atoms in total. The molecule has 2 N–H and O–H groups in total. The lowest BCUT2D eigenvalue weighted by molar-refractivity contribution is 0.0744. The normalized spacial score (nSPS) is 14.2. The number of carbonyl (C=O) groups excluding carboxylic acids is 1. The summed E-state index contributed by atoms with van der Waals surface area (Å²) in [4.78, 5) is 14.4. The molecular weight excluding hydrogens is 357 g/mol. The molecule has 0 saturated carbocycles. The van der Waals surface area contributed by atoms with Gasteiger partial charge in [0.15, 0.2) is 0 Å². The number of carbonyl (C=O) groups is 1. The summed E-state index contributed by atoms with van der Waals surface area (Å²) < 4.78 is 0. The Kier molecular flexibility index (Phi) is 4.47. The lowest BCUT2D eigenvalue weighted by Crippen LogP contribution is -2.34. The van der Waals surface area contributed by atoms with Crippen LogP contribution in [0, 0.1) is 11.3 Å². The van der Waals surface area contributed by atoms with Crippen LogP contribution in [-0.2, 0) is 6.54 Å². The summed E-state index contributed by atoms with van der Waals surface area (Å²) in [7, 11) is 0. The van der Waals surface area contributed by atoms with Crippen LogP contribution in [0.25, 0.3) is 11.1 Å². The molecule has 2 aromatic carbocycles. The monoisotopic (exact) mass is 371 g/mol. The molecule has 2 aromatic rings. The molecule has 1 atom stereocenters. The van der Waals surface area contributed by atoms with Gasteiger partial charge in [-0.15, -0.1) is 0 Å². The van der Waals surface area contributed by atoms with Crippen molar-refractivity contribution in [2.24, 2.45) is 0 Å². The number of halogens is 2. The number of nitrogen functional groups attached to an aromatic ring is 1. The average molecular weight is 372 g/mol. The van der Waals surface area contributed by atoms with Gasteiger partial charge in [0.05, 0.1) is 27.8 Å². The first kappa shape index (κ1) is 17.3. The van der Waals surface area contributed by atoms with Crippen molar-refractivity contribution in [2.45, 2.75) is 19.5 Å². The molecule has 3 rings (SSSR count). The molecule has 1 amide bonds. The average Bonchev–Trinajstić information content (AvgIpc) is 2.94. The second-order valence-corrected chi connectivity index (χ2v) is 6.75. The summed E-state index contributed by atoms with van der Waals surface area (Å²) in [6, 6.07) is 10.6. The maximum Gasteiger partial charge on any atom is 0.255 e. The van der Waals surface area contributed by atoms with E-state index in [0.29, 0.717) is 33.4 Å². The Labute approximate surface area is 156 Å². The zero-order chi connectivity index (χ0) is 18.3. The minimum Gasteiger partial charge on any atom is -0.396 e. The SMILES string of the molecule is C=C(C#N)C(C)N1Cc2c(cccc2-c2cc(Cl)c(N)c(Cl)c2)C1=O. The summed E-state index contributed by atoms with van der Waals surface area (Å²) in [5, 5.41) is 9.80. The fourth-order valence-electron chi connectivity index (χ4n) is 2.96. The van der Waals surface area contributed by atoms with Crippen molar-refractivity contribution in [3.05, 3.63) is 63.7 Å². The molecule has 126 valence electrons. The number of nitrogens with zero attached hydrogens (tertiary/aromatic N) is 2. The first-order valence-electron chi connectivity index (χ1n) is 7.61. The van der Waals surface area contributed by atoms with Crippen LogP contribution in [0.15, 0.2) is 42.5 Å². The minimum atomic E-state index is -0.364. The Morgan fingerprint density at radius 2 is 1.92 bits per heavy atom. The van der Waals surface area contributed by atoms with E-state index in [-0.39, 0.29) is 11.9 Å². The Morgan fingerprint density at radius 1 is 1.32 bits per heavy atom. The van der Waals surface area contributed by atoms with Crippen LogP contribution in [0.2, 0.25) is 10.0 Å². The molecule has 1 aliphatic rings. The van der Waals surface area contributed by atoms with E-state index in [0.717, 1.165) is 16.7 Å². The van der Waals surface area contributed by atoms with Gasteiger partial charge < -0.3 is 10.6 Å². The third-order valence-electron chi connectivity index (χ3n) is 4.50. The molecule has 1 aliphatic heterocycles. The van der Waals surface area contributed by atoms with Crippen molar-refractivity contribution in [1.82, 2.24) is 4.90 Å². The van der Waals surface area contributed by atoms with Crippen molar-refractivity contribution in [1.29, 1.82) is 5.26 Å². The molecule has 0 spiro atoms. The van der Waals surface area contributed by atoms with E-state index in [1.54, 1.807) is 30.0 Å². The predicted octanol–water partition coefficient (Wildman–Crippen LogP) is 4.67. The van der Waals surface area contributed by atoms with E-state index < -0.39 is 0 Å². The molecule has 0 radical (unpaired) electrons. The number of rotatable bonds is 3.